The van der Waals surface area contributed by atoms with Gasteiger partial charge in [-0.3, -0.25) is 4.68 Å². The Morgan fingerprint density at radius 3 is 2.53 bits per heavy atom. The summed E-state index contributed by atoms with van der Waals surface area (Å²) in [6.45, 7) is 4.12. The second-order valence-electron chi connectivity index (χ2n) is 5.65. The fraction of sp³-hybridized carbons (Fsp3) is 0.769. The average molecular weight is 276 g/mol. The highest BCUT2D eigenvalue weighted by molar-refractivity contribution is 5.09. The van der Waals surface area contributed by atoms with Crippen LogP contribution in [0.2, 0.25) is 0 Å². The van der Waals surface area contributed by atoms with Crippen LogP contribution in [0.25, 0.3) is 0 Å². The fourth-order valence-corrected chi connectivity index (χ4v) is 2.85. The highest BCUT2D eigenvalue weighted by atomic mass is 19.4. The number of rotatable bonds is 2. The van der Waals surface area contributed by atoms with Gasteiger partial charge in [-0.2, -0.15) is 18.3 Å². The third kappa shape index (κ3) is 3.11. The quantitative estimate of drug-likeness (QED) is 0.900. The van der Waals surface area contributed by atoms with Crippen LogP contribution >= 0.6 is 0 Å². The van der Waals surface area contributed by atoms with Crippen LogP contribution in [-0.2, 0) is 6.18 Å². The van der Waals surface area contributed by atoms with Gasteiger partial charge in [0, 0.05) is 6.20 Å². The number of hydrogen-bond donors (Lipinski definition) is 1. The summed E-state index contributed by atoms with van der Waals surface area (Å²) in [6, 6.07) is -0.138. The van der Waals surface area contributed by atoms with Crippen molar-refractivity contribution in [3.8, 4) is 0 Å². The minimum absolute atomic E-state index is 0.138. The van der Waals surface area contributed by atoms with Crippen molar-refractivity contribution in [1.82, 2.24) is 9.78 Å². The molecule has 0 spiro atoms. The molecule has 0 aliphatic heterocycles. The van der Waals surface area contributed by atoms with Crippen LogP contribution < -0.4 is 0 Å². The molecule has 1 aliphatic rings. The van der Waals surface area contributed by atoms with Gasteiger partial charge in [-0.1, -0.05) is 13.8 Å². The van der Waals surface area contributed by atoms with Crippen LogP contribution in [0, 0.1) is 11.8 Å². The largest absolute Gasteiger partial charge is 0.419 e. The predicted octanol–water partition coefficient (Wildman–Crippen LogP) is 3.26. The molecule has 3 atom stereocenters. The van der Waals surface area contributed by atoms with Crippen LogP contribution in [0.5, 0.6) is 0 Å². The van der Waals surface area contributed by atoms with Gasteiger partial charge in [-0.15, -0.1) is 0 Å². The summed E-state index contributed by atoms with van der Waals surface area (Å²) < 4.78 is 38.9. The predicted molar refractivity (Wildman–Crippen MR) is 64.5 cm³/mol. The molecule has 19 heavy (non-hydrogen) atoms. The Hall–Kier alpha value is -1.04. The number of alkyl halides is 3. The molecule has 0 saturated heterocycles. The highest BCUT2D eigenvalue weighted by Gasteiger charge is 2.35. The van der Waals surface area contributed by atoms with E-state index in [9.17, 15) is 18.3 Å². The van der Waals surface area contributed by atoms with E-state index >= 15 is 0 Å². The van der Waals surface area contributed by atoms with Crippen LogP contribution in [0.4, 0.5) is 13.2 Å². The lowest BCUT2D eigenvalue weighted by Gasteiger charge is -2.35. The third-order valence-corrected chi connectivity index (χ3v) is 4.00. The number of nitrogens with zero attached hydrogens (tertiary/aromatic N) is 2. The maximum Gasteiger partial charge on any atom is 0.419 e. The first-order valence-corrected chi connectivity index (χ1v) is 6.58. The Bertz CT molecular complexity index is 428. The van der Waals surface area contributed by atoms with Crippen LogP contribution in [0.3, 0.4) is 0 Å². The molecule has 1 fully saturated rings. The zero-order chi connectivity index (χ0) is 14.2. The highest BCUT2D eigenvalue weighted by Crippen LogP contribution is 2.37. The number of aliphatic hydroxyl groups excluding tert-OH is 1. The summed E-state index contributed by atoms with van der Waals surface area (Å²) in [6.07, 6.45) is -0.872. The van der Waals surface area contributed by atoms with E-state index < -0.39 is 17.8 Å². The number of aromatic nitrogens is 2. The van der Waals surface area contributed by atoms with E-state index in [0.717, 1.165) is 25.2 Å². The molecular weight excluding hydrogens is 257 g/mol. The van der Waals surface area contributed by atoms with Crippen molar-refractivity contribution in [2.45, 2.75) is 51.4 Å². The summed E-state index contributed by atoms with van der Waals surface area (Å²) in [4.78, 5) is 0. The lowest BCUT2D eigenvalue weighted by molar-refractivity contribution is -0.137. The van der Waals surface area contributed by atoms with Gasteiger partial charge in [0.25, 0.3) is 0 Å². The molecular formula is C13H19F3N2O. The van der Waals surface area contributed by atoms with Gasteiger partial charge in [0.15, 0.2) is 0 Å². The minimum Gasteiger partial charge on any atom is -0.393 e. The van der Waals surface area contributed by atoms with Crippen molar-refractivity contribution >= 4 is 0 Å². The van der Waals surface area contributed by atoms with E-state index in [1.54, 1.807) is 0 Å². The SMILES string of the molecule is CC(C)C1CCC(n2cc(C(F)(F)F)cn2)CC1O. The molecule has 3 unspecified atom stereocenters. The van der Waals surface area contributed by atoms with Gasteiger partial charge in [-0.25, -0.2) is 0 Å². The molecule has 1 saturated carbocycles. The van der Waals surface area contributed by atoms with Crippen molar-refractivity contribution in [3.63, 3.8) is 0 Å². The molecule has 0 amide bonds. The smallest absolute Gasteiger partial charge is 0.393 e. The molecule has 3 nitrogen and oxygen atoms in total. The van der Waals surface area contributed by atoms with E-state index in [4.69, 9.17) is 0 Å². The second kappa shape index (κ2) is 5.15. The van der Waals surface area contributed by atoms with Gasteiger partial charge < -0.3 is 5.11 Å². The van der Waals surface area contributed by atoms with E-state index in [0.29, 0.717) is 12.3 Å². The lowest BCUT2D eigenvalue weighted by Crippen LogP contribution is -2.33. The normalized spacial score (nSPS) is 28.9. The molecule has 1 N–H and O–H groups in total. The topological polar surface area (TPSA) is 38.0 Å². The standard InChI is InChI=1S/C13H19F3N2O/c1-8(2)11-4-3-10(5-12(11)19)18-7-9(6-17-18)13(14,15)16/h6-8,10-12,19H,3-5H2,1-2H3. The fourth-order valence-electron chi connectivity index (χ4n) is 2.85. The number of halogens is 3. The van der Waals surface area contributed by atoms with Crippen molar-refractivity contribution in [1.29, 1.82) is 0 Å². The molecule has 0 radical (unpaired) electrons. The van der Waals surface area contributed by atoms with Crippen molar-refractivity contribution < 1.29 is 18.3 Å². The summed E-state index contributed by atoms with van der Waals surface area (Å²) in [5.74, 6) is 0.619. The van der Waals surface area contributed by atoms with E-state index in [1.165, 1.54) is 4.68 Å². The molecule has 1 aliphatic carbocycles. The van der Waals surface area contributed by atoms with Crippen LogP contribution in [-0.4, -0.2) is 21.0 Å². The van der Waals surface area contributed by atoms with Crippen molar-refractivity contribution in [2.24, 2.45) is 11.8 Å². The maximum absolute atomic E-state index is 12.5. The summed E-state index contributed by atoms with van der Waals surface area (Å²) >= 11 is 0. The van der Waals surface area contributed by atoms with Crippen LogP contribution in [0.1, 0.15) is 44.7 Å². The molecule has 6 heteroatoms. The van der Waals surface area contributed by atoms with E-state index in [-0.39, 0.29) is 12.0 Å². The Kier molecular flexibility index (Phi) is 3.90. The lowest BCUT2D eigenvalue weighted by atomic mass is 9.77. The average Bonchev–Trinajstić information content (AvgIpc) is 2.76. The number of hydrogen-bond acceptors (Lipinski definition) is 2. The monoisotopic (exact) mass is 276 g/mol. The summed E-state index contributed by atoms with van der Waals surface area (Å²) in [7, 11) is 0. The van der Waals surface area contributed by atoms with Gasteiger partial charge in [0.1, 0.15) is 0 Å². The van der Waals surface area contributed by atoms with Gasteiger partial charge >= 0.3 is 6.18 Å². The molecule has 1 aromatic heterocycles. The Balaban J connectivity index is 2.06. The first-order valence-electron chi connectivity index (χ1n) is 6.58. The molecule has 0 bridgehead atoms. The zero-order valence-electron chi connectivity index (χ0n) is 11.1. The Labute approximate surface area is 110 Å². The maximum atomic E-state index is 12.5. The third-order valence-electron chi connectivity index (χ3n) is 4.00. The Morgan fingerprint density at radius 1 is 1.37 bits per heavy atom. The summed E-state index contributed by atoms with van der Waals surface area (Å²) in [5, 5.41) is 13.9. The van der Waals surface area contributed by atoms with Gasteiger partial charge in [-0.05, 0) is 31.1 Å². The first kappa shape index (κ1) is 14.4. The molecule has 2 rings (SSSR count). The Morgan fingerprint density at radius 2 is 2.05 bits per heavy atom. The minimum atomic E-state index is -4.36. The molecule has 0 aromatic carbocycles. The number of aliphatic hydroxyl groups is 1. The van der Waals surface area contributed by atoms with Gasteiger partial charge in [0.2, 0.25) is 0 Å². The summed E-state index contributed by atoms with van der Waals surface area (Å²) in [5.41, 5.74) is -0.729. The molecule has 1 aromatic rings. The van der Waals surface area contributed by atoms with E-state index in [2.05, 4.69) is 18.9 Å². The van der Waals surface area contributed by atoms with E-state index in [1.807, 2.05) is 0 Å². The second-order valence-corrected chi connectivity index (χ2v) is 5.65. The first-order chi connectivity index (χ1) is 8.79. The van der Waals surface area contributed by atoms with Gasteiger partial charge in [0.05, 0.1) is 23.9 Å². The van der Waals surface area contributed by atoms with Crippen molar-refractivity contribution in [3.05, 3.63) is 18.0 Å². The molecule has 108 valence electrons. The van der Waals surface area contributed by atoms with Crippen molar-refractivity contribution in [2.75, 3.05) is 0 Å². The zero-order valence-corrected chi connectivity index (χ0v) is 11.1. The molecule has 1 heterocycles. The van der Waals surface area contributed by atoms with Crippen LogP contribution in [0.15, 0.2) is 12.4 Å².